The van der Waals surface area contributed by atoms with E-state index in [2.05, 4.69) is 16.7 Å². The molecule has 0 bridgehead atoms. The van der Waals surface area contributed by atoms with Crippen LogP contribution in [0.15, 0.2) is 24.3 Å². The van der Waals surface area contributed by atoms with Gasteiger partial charge in [-0.15, -0.1) is 34.0 Å². The summed E-state index contributed by atoms with van der Waals surface area (Å²) >= 11 is 0. The Kier molecular flexibility index (Phi) is 12.3. The molecule has 0 fully saturated rings. The molecule has 2 aromatic rings. The summed E-state index contributed by atoms with van der Waals surface area (Å²) in [6, 6.07) is 7.53. The standard InChI is InChI=1S/C28H40N2O4.2BrH/c1-2-12-30(23-8-9-24-21(16-23)7-10-25(31)28(24)34)14-6-4-3-5-13-29-15-11-20-17-26(32)27(33)18-22(20)19-29;;/h7,10,17-18,23,31-34H,2-6,8-9,11-16,19H2,1H3;2*1H/t23-;;/m0../s1. The van der Waals surface area contributed by atoms with Gasteiger partial charge < -0.3 is 25.3 Å². The first kappa shape index (κ1) is 30.7. The summed E-state index contributed by atoms with van der Waals surface area (Å²) in [4.78, 5) is 5.09. The van der Waals surface area contributed by atoms with Gasteiger partial charge in [0.15, 0.2) is 23.0 Å². The van der Waals surface area contributed by atoms with Crippen molar-refractivity contribution < 1.29 is 20.4 Å². The van der Waals surface area contributed by atoms with Gasteiger partial charge in [0.25, 0.3) is 0 Å². The van der Waals surface area contributed by atoms with Crippen LogP contribution >= 0.6 is 34.0 Å². The smallest absolute Gasteiger partial charge is 0.160 e. The zero-order valence-electron chi connectivity index (χ0n) is 21.3. The third-order valence-electron chi connectivity index (χ3n) is 7.63. The van der Waals surface area contributed by atoms with Gasteiger partial charge in [0, 0.05) is 24.7 Å². The van der Waals surface area contributed by atoms with E-state index >= 15 is 0 Å². The quantitative estimate of drug-likeness (QED) is 0.195. The molecule has 1 aliphatic carbocycles. The van der Waals surface area contributed by atoms with Gasteiger partial charge in [-0.05, 0) is 99.5 Å². The van der Waals surface area contributed by atoms with Gasteiger partial charge in [0.05, 0.1) is 0 Å². The van der Waals surface area contributed by atoms with E-state index in [0.29, 0.717) is 6.04 Å². The molecule has 4 rings (SSSR count). The summed E-state index contributed by atoms with van der Waals surface area (Å²) in [6.07, 6.45) is 9.75. The molecule has 2 aromatic carbocycles. The summed E-state index contributed by atoms with van der Waals surface area (Å²) in [5, 5.41) is 39.4. The molecule has 6 nitrogen and oxygen atoms in total. The summed E-state index contributed by atoms with van der Waals surface area (Å²) in [5.41, 5.74) is 4.40. The average molecular weight is 630 g/mol. The van der Waals surface area contributed by atoms with Gasteiger partial charge in [-0.2, -0.15) is 0 Å². The minimum atomic E-state index is -0.0198. The number of phenols is 4. The maximum absolute atomic E-state index is 10.2. The lowest BCUT2D eigenvalue weighted by molar-refractivity contribution is 0.174. The van der Waals surface area contributed by atoms with Crippen LogP contribution in [0.25, 0.3) is 0 Å². The van der Waals surface area contributed by atoms with Gasteiger partial charge in [0.1, 0.15) is 0 Å². The number of halogens is 2. The highest BCUT2D eigenvalue weighted by Gasteiger charge is 2.26. The molecular weight excluding hydrogens is 588 g/mol. The van der Waals surface area contributed by atoms with Crippen molar-refractivity contribution in [2.75, 3.05) is 26.2 Å². The number of fused-ring (bicyclic) bond motifs is 2. The number of nitrogens with zero attached hydrogens (tertiary/aromatic N) is 2. The number of phenolic OH excluding ortho intramolecular Hbond substituents is 4. The third-order valence-corrected chi connectivity index (χ3v) is 7.63. The Morgan fingerprint density at radius 1 is 0.833 bits per heavy atom. The third kappa shape index (κ3) is 7.53. The Morgan fingerprint density at radius 2 is 1.56 bits per heavy atom. The zero-order chi connectivity index (χ0) is 24.1. The summed E-state index contributed by atoms with van der Waals surface area (Å²) in [5.74, 6) is 0.0341. The zero-order valence-corrected chi connectivity index (χ0v) is 24.7. The van der Waals surface area contributed by atoms with Crippen molar-refractivity contribution in [1.29, 1.82) is 0 Å². The minimum Gasteiger partial charge on any atom is -0.504 e. The van der Waals surface area contributed by atoms with Crippen LogP contribution in [0.3, 0.4) is 0 Å². The Bertz CT molecular complexity index is 989. The lowest BCUT2D eigenvalue weighted by Crippen LogP contribution is -2.40. The van der Waals surface area contributed by atoms with E-state index in [1.54, 1.807) is 18.2 Å². The van der Waals surface area contributed by atoms with Gasteiger partial charge in [-0.1, -0.05) is 25.8 Å². The fourth-order valence-electron chi connectivity index (χ4n) is 5.72. The lowest BCUT2D eigenvalue weighted by Gasteiger charge is -2.35. The largest absolute Gasteiger partial charge is 0.504 e. The second-order valence-electron chi connectivity index (χ2n) is 10.1. The molecule has 8 heteroatoms. The Morgan fingerprint density at radius 3 is 2.31 bits per heavy atom. The van der Waals surface area contributed by atoms with Crippen molar-refractivity contribution in [2.45, 2.75) is 77.3 Å². The predicted octanol–water partition coefficient (Wildman–Crippen LogP) is 5.85. The molecule has 202 valence electrons. The van der Waals surface area contributed by atoms with E-state index in [-0.39, 0.29) is 57.0 Å². The van der Waals surface area contributed by atoms with Gasteiger partial charge in [-0.3, -0.25) is 4.90 Å². The molecule has 1 aliphatic heterocycles. The average Bonchev–Trinajstić information content (AvgIpc) is 2.83. The highest BCUT2D eigenvalue weighted by molar-refractivity contribution is 8.93. The molecule has 36 heavy (non-hydrogen) atoms. The number of unbranched alkanes of at least 4 members (excludes halogenated alkanes) is 3. The van der Waals surface area contributed by atoms with Gasteiger partial charge in [-0.25, -0.2) is 0 Å². The molecular formula is C28H42Br2N2O4. The van der Waals surface area contributed by atoms with Crippen LogP contribution in [0, 0.1) is 0 Å². The van der Waals surface area contributed by atoms with Crippen molar-refractivity contribution in [1.82, 2.24) is 9.80 Å². The molecule has 1 atom stereocenters. The van der Waals surface area contributed by atoms with Crippen LogP contribution in [-0.2, 0) is 25.8 Å². The Hall–Kier alpha value is -1.48. The molecule has 0 radical (unpaired) electrons. The van der Waals surface area contributed by atoms with E-state index in [0.717, 1.165) is 81.5 Å². The minimum absolute atomic E-state index is 0. The molecule has 2 aliphatic rings. The monoisotopic (exact) mass is 628 g/mol. The number of rotatable bonds is 10. The number of hydrogen-bond acceptors (Lipinski definition) is 6. The number of hydrogen-bond donors (Lipinski definition) is 4. The first-order valence-electron chi connectivity index (χ1n) is 13.0. The van der Waals surface area contributed by atoms with Gasteiger partial charge in [0.2, 0.25) is 0 Å². The number of benzene rings is 2. The first-order chi connectivity index (χ1) is 16.5. The SMILES string of the molecule is Br.Br.CCCN(CCCCCCN1CCc2cc(O)c(O)cc2C1)[C@H]1CCc2c(ccc(O)c2O)C1. The van der Waals surface area contributed by atoms with Crippen molar-refractivity contribution in [2.24, 2.45) is 0 Å². The number of aromatic hydroxyl groups is 4. The lowest BCUT2D eigenvalue weighted by atomic mass is 9.86. The van der Waals surface area contributed by atoms with Crippen LogP contribution in [0.4, 0.5) is 0 Å². The van der Waals surface area contributed by atoms with Crippen LogP contribution in [0.1, 0.15) is 67.7 Å². The molecule has 0 spiro atoms. The van der Waals surface area contributed by atoms with Crippen molar-refractivity contribution in [3.63, 3.8) is 0 Å². The second-order valence-corrected chi connectivity index (χ2v) is 10.1. The molecule has 0 saturated carbocycles. The van der Waals surface area contributed by atoms with Crippen molar-refractivity contribution in [3.05, 3.63) is 46.5 Å². The predicted molar refractivity (Wildman–Crippen MR) is 155 cm³/mol. The highest BCUT2D eigenvalue weighted by Crippen LogP contribution is 2.37. The van der Waals surface area contributed by atoms with E-state index in [9.17, 15) is 20.4 Å². The van der Waals surface area contributed by atoms with Crippen LogP contribution in [0.5, 0.6) is 23.0 Å². The fraction of sp³-hybridized carbons (Fsp3) is 0.571. The van der Waals surface area contributed by atoms with Crippen molar-refractivity contribution in [3.8, 4) is 23.0 Å². The van der Waals surface area contributed by atoms with Crippen molar-refractivity contribution >= 4 is 34.0 Å². The molecule has 4 N–H and O–H groups in total. The molecule has 0 unspecified atom stereocenters. The van der Waals surface area contributed by atoms with Crippen LogP contribution in [0.2, 0.25) is 0 Å². The normalized spacial score (nSPS) is 17.1. The van der Waals surface area contributed by atoms with E-state index in [4.69, 9.17) is 0 Å². The van der Waals surface area contributed by atoms with Crippen LogP contribution in [-0.4, -0.2) is 62.4 Å². The fourth-order valence-corrected chi connectivity index (χ4v) is 5.72. The first-order valence-corrected chi connectivity index (χ1v) is 13.0. The van der Waals surface area contributed by atoms with E-state index < -0.39 is 0 Å². The summed E-state index contributed by atoms with van der Waals surface area (Å²) in [7, 11) is 0. The molecule has 0 saturated heterocycles. The van der Waals surface area contributed by atoms with Crippen LogP contribution < -0.4 is 0 Å². The highest BCUT2D eigenvalue weighted by atomic mass is 79.9. The Labute approximate surface area is 236 Å². The van der Waals surface area contributed by atoms with E-state index in [1.165, 1.54) is 31.2 Å². The van der Waals surface area contributed by atoms with Gasteiger partial charge >= 0.3 is 0 Å². The molecule has 0 aromatic heterocycles. The topological polar surface area (TPSA) is 87.4 Å². The second kappa shape index (κ2) is 14.5. The molecule has 1 heterocycles. The maximum atomic E-state index is 10.2. The summed E-state index contributed by atoms with van der Waals surface area (Å²) in [6.45, 7) is 7.42. The summed E-state index contributed by atoms with van der Waals surface area (Å²) < 4.78 is 0. The van der Waals surface area contributed by atoms with E-state index in [1.807, 2.05) is 6.07 Å². The Balaban J connectivity index is 0.00000228. The maximum Gasteiger partial charge on any atom is 0.160 e. The molecule has 0 amide bonds.